The molecule has 0 radical (unpaired) electrons. The fourth-order valence-electron chi connectivity index (χ4n) is 3.85. The average Bonchev–Trinajstić information content (AvgIpc) is 2.98. The van der Waals surface area contributed by atoms with Crippen LogP contribution in [0.1, 0.15) is 63.0 Å². The van der Waals surface area contributed by atoms with Crippen LogP contribution >= 0.6 is 0 Å². The lowest BCUT2D eigenvalue weighted by Gasteiger charge is -2.28. The van der Waals surface area contributed by atoms with Crippen molar-refractivity contribution in [2.75, 3.05) is 6.54 Å². The van der Waals surface area contributed by atoms with Crippen molar-refractivity contribution < 1.29 is 9.18 Å². The Labute approximate surface area is 126 Å². The van der Waals surface area contributed by atoms with Gasteiger partial charge in [-0.1, -0.05) is 31.4 Å². The van der Waals surface area contributed by atoms with Gasteiger partial charge in [0.25, 0.3) is 0 Å². The number of rotatable bonds is 3. The predicted molar refractivity (Wildman–Crippen MR) is 81.3 cm³/mol. The molecular formula is C18H24FNO. The minimum Gasteiger partial charge on any atom is -0.336 e. The first-order valence-electron chi connectivity index (χ1n) is 8.29. The molecule has 0 aromatic heterocycles. The molecule has 1 atom stereocenters. The third-order valence-corrected chi connectivity index (χ3v) is 5.02. The Kier molecular flexibility index (Phi) is 4.57. The summed E-state index contributed by atoms with van der Waals surface area (Å²) in [6.07, 6.45) is 9.06. The third kappa shape index (κ3) is 3.45. The quantitative estimate of drug-likeness (QED) is 0.804. The first-order chi connectivity index (χ1) is 10.2. The molecule has 1 aromatic rings. The van der Waals surface area contributed by atoms with Gasteiger partial charge in [-0.3, -0.25) is 4.79 Å². The first kappa shape index (κ1) is 14.6. The molecule has 114 valence electrons. The van der Waals surface area contributed by atoms with Crippen LogP contribution in [-0.4, -0.2) is 17.4 Å². The van der Waals surface area contributed by atoms with Gasteiger partial charge in [0.15, 0.2) is 0 Å². The maximum absolute atomic E-state index is 13.1. The van der Waals surface area contributed by atoms with E-state index in [2.05, 4.69) is 0 Å². The number of halogens is 1. The van der Waals surface area contributed by atoms with Gasteiger partial charge in [0, 0.05) is 13.0 Å². The molecule has 2 fully saturated rings. The van der Waals surface area contributed by atoms with Crippen LogP contribution in [0, 0.1) is 11.7 Å². The van der Waals surface area contributed by atoms with E-state index in [0.29, 0.717) is 18.2 Å². The van der Waals surface area contributed by atoms with Crippen molar-refractivity contribution >= 4 is 5.91 Å². The largest absolute Gasteiger partial charge is 0.336 e. The zero-order valence-electron chi connectivity index (χ0n) is 12.6. The maximum atomic E-state index is 13.1. The van der Waals surface area contributed by atoms with Gasteiger partial charge in [-0.05, 0) is 49.3 Å². The van der Waals surface area contributed by atoms with E-state index < -0.39 is 0 Å². The minimum atomic E-state index is -0.211. The molecule has 2 aliphatic rings. The van der Waals surface area contributed by atoms with Gasteiger partial charge in [-0.25, -0.2) is 4.39 Å². The van der Waals surface area contributed by atoms with Crippen LogP contribution in [0.25, 0.3) is 0 Å². The van der Waals surface area contributed by atoms with E-state index in [9.17, 15) is 9.18 Å². The van der Waals surface area contributed by atoms with Crippen molar-refractivity contribution in [1.29, 1.82) is 0 Å². The van der Waals surface area contributed by atoms with Crippen LogP contribution in [-0.2, 0) is 4.79 Å². The van der Waals surface area contributed by atoms with Crippen LogP contribution < -0.4 is 0 Å². The summed E-state index contributed by atoms with van der Waals surface area (Å²) in [6.45, 7) is 0.855. The topological polar surface area (TPSA) is 20.3 Å². The van der Waals surface area contributed by atoms with Gasteiger partial charge >= 0.3 is 0 Å². The number of benzene rings is 1. The molecule has 1 saturated heterocycles. The fourth-order valence-corrected chi connectivity index (χ4v) is 3.85. The Bertz CT molecular complexity index is 478. The Morgan fingerprint density at radius 3 is 2.48 bits per heavy atom. The van der Waals surface area contributed by atoms with Crippen LogP contribution in [0.5, 0.6) is 0 Å². The van der Waals surface area contributed by atoms with Crippen LogP contribution in [0.4, 0.5) is 4.39 Å². The highest BCUT2D eigenvalue weighted by Crippen LogP contribution is 2.34. The van der Waals surface area contributed by atoms with Gasteiger partial charge in [-0.15, -0.1) is 0 Å². The zero-order chi connectivity index (χ0) is 14.7. The van der Waals surface area contributed by atoms with E-state index in [1.807, 2.05) is 17.0 Å². The molecular weight excluding hydrogens is 265 g/mol. The second kappa shape index (κ2) is 6.59. The highest BCUT2D eigenvalue weighted by atomic mass is 19.1. The number of likely N-dealkylation sites (tertiary alicyclic amines) is 1. The molecule has 1 saturated carbocycles. The molecule has 1 amide bonds. The number of hydrogen-bond donors (Lipinski definition) is 0. The van der Waals surface area contributed by atoms with Gasteiger partial charge in [0.1, 0.15) is 5.82 Å². The highest BCUT2D eigenvalue weighted by Gasteiger charge is 2.31. The Morgan fingerprint density at radius 1 is 1.05 bits per heavy atom. The van der Waals surface area contributed by atoms with E-state index in [0.717, 1.165) is 24.9 Å². The summed E-state index contributed by atoms with van der Waals surface area (Å²) < 4.78 is 13.1. The fraction of sp³-hybridized carbons (Fsp3) is 0.611. The minimum absolute atomic E-state index is 0.154. The molecule has 1 aliphatic heterocycles. The Hall–Kier alpha value is -1.38. The summed E-state index contributed by atoms with van der Waals surface area (Å²) in [5.41, 5.74) is 1.07. The lowest BCUT2D eigenvalue weighted by Crippen LogP contribution is -2.32. The van der Waals surface area contributed by atoms with Crippen molar-refractivity contribution in [3.8, 4) is 0 Å². The lowest BCUT2D eigenvalue weighted by molar-refractivity contribution is -0.133. The van der Waals surface area contributed by atoms with Crippen molar-refractivity contribution in [2.24, 2.45) is 5.92 Å². The maximum Gasteiger partial charge on any atom is 0.223 e. The molecule has 3 heteroatoms. The van der Waals surface area contributed by atoms with Gasteiger partial charge < -0.3 is 4.90 Å². The SMILES string of the molecule is O=C(CC1CCCCC1)N1CCCC1c1ccc(F)cc1. The molecule has 0 bridgehead atoms. The molecule has 2 nitrogen and oxygen atoms in total. The van der Waals surface area contributed by atoms with Crippen LogP contribution in [0.2, 0.25) is 0 Å². The third-order valence-electron chi connectivity index (χ3n) is 5.02. The zero-order valence-corrected chi connectivity index (χ0v) is 12.6. The summed E-state index contributed by atoms with van der Waals surface area (Å²) in [4.78, 5) is 14.6. The predicted octanol–water partition coefficient (Wildman–Crippen LogP) is 4.46. The molecule has 1 aromatic carbocycles. The summed E-state index contributed by atoms with van der Waals surface area (Å²) in [5.74, 6) is 0.672. The first-order valence-corrected chi connectivity index (χ1v) is 8.29. The van der Waals surface area contributed by atoms with Gasteiger partial charge in [-0.2, -0.15) is 0 Å². The molecule has 1 aliphatic carbocycles. The summed E-state index contributed by atoms with van der Waals surface area (Å²) >= 11 is 0. The number of hydrogen-bond acceptors (Lipinski definition) is 1. The van der Waals surface area contributed by atoms with Gasteiger partial charge in [0.2, 0.25) is 5.91 Å². The number of carbonyl (C=O) groups excluding carboxylic acids is 1. The smallest absolute Gasteiger partial charge is 0.223 e. The lowest BCUT2D eigenvalue weighted by atomic mass is 9.86. The summed E-state index contributed by atoms with van der Waals surface area (Å²) in [7, 11) is 0. The van der Waals surface area contributed by atoms with Crippen molar-refractivity contribution in [3.05, 3.63) is 35.6 Å². The van der Waals surface area contributed by atoms with E-state index in [1.54, 1.807) is 0 Å². The average molecular weight is 289 g/mol. The molecule has 3 rings (SSSR count). The molecule has 21 heavy (non-hydrogen) atoms. The van der Waals surface area contributed by atoms with E-state index in [-0.39, 0.29) is 11.9 Å². The molecule has 1 unspecified atom stereocenters. The summed E-state index contributed by atoms with van der Waals surface area (Å²) in [5, 5.41) is 0. The van der Waals surface area contributed by atoms with E-state index in [4.69, 9.17) is 0 Å². The normalized spacial score (nSPS) is 23.5. The molecule has 0 spiro atoms. The van der Waals surface area contributed by atoms with E-state index >= 15 is 0 Å². The Morgan fingerprint density at radius 2 is 1.76 bits per heavy atom. The van der Waals surface area contributed by atoms with E-state index in [1.165, 1.54) is 44.2 Å². The second-order valence-electron chi connectivity index (χ2n) is 6.50. The molecule has 1 heterocycles. The van der Waals surface area contributed by atoms with Crippen molar-refractivity contribution in [1.82, 2.24) is 4.90 Å². The standard InChI is InChI=1S/C18H24FNO/c19-16-10-8-15(9-11-16)17-7-4-12-20(17)18(21)13-14-5-2-1-3-6-14/h8-11,14,17H,1-7,12-13H2. The second-order valence-corrected chi connectivity index (χ2v) is 6.50. The molecule has 0 N–H and O–H groups in total. The van der Waals surface area contributed by atoms with Crippen LogP contribution in [0.15, 0.2) is 24.3 Å². The number of amides is 1. The summed E-state index contributed by atoms with van der Waals surface area (Å²) in [6, 6.07) is 6.80. The Balaban J connectivity index is 1.65. The van der Waals surface area contributed by atoms with Crippen LogP contribution in [0.3, 0.4) is 0 Å². The van der Waals surface area contributed by atoms with Crippen molar-refractivity contribution in [3.63, 3.8) is 0 Å². The highest BCUT2D eigenvalue weighted by molar-refractivity contribution is 5.77. The van der Waals surface area contributed by atoms with Gasteiger partial charge in [0.05, 0.1) is 6.04 Å². The van der Waals surface area contributed by atoms with Crippen molar-refractivity contribution in [2.45, 2.75) is 57.4 Å². The number of carbonyl (C=O) groups is 1. The number of nitrogens with zero attached hydrogens (tertiary/aromatic N) is 1. The monoisotopic (exact) mass is 289 g/mol.